The smallest absolute Gasteiger partial charge is 0.257 e. The van der Waals surface area contributed by atoms with Gasteiger partial charge in [0, 0.05) is 26.1 Å². The highest BCUT2D eigenvalue weighted by Crippen LogP contribution is 2.14. The Morgan fingerprint density at radius 3 is 2.55 bits per heavy atom. The van der Waals surface area contributed by atoms with Crippen LogP contribution in [0, 0.1) is 0 Å². The fourth-order valence-corrected chi connectivity index (χ4v) is 2.49. The van der Waals surface area contributed by atoms with Gasteiger partial charge in [-0.15, -0.1) is 0 Å². The minimum Gasteiger partial charge on any atom is -0.472 e. The van der Waals surface area contributed by atoms with E-state index in [-0.39, 0.29) is 23.8 Å². The second kappa shape index (κ2) is 7.11. The molecule has 1 aromatic rings. The molecule has 7 nitrogen and oxygen atoms in total. The average molecular weight is 307 g/mol. The first-order chi connectivity index (χ1) is 10.5. The molecule has 22 heavy (non-hydrogen) atoms. The van der Waals surface area contributed by atoms with Crippen molar-refractivity contribution in [3.05, 3.63) is 24.2 Å². The predicted molar refractivity (Wildman–Crippen MR) is 79.1 cm³/mol. The third-order valence-corrected chi connectivity index (χ3v) is 3.71. The number of likely N-dealkylation sites (tertiary alicyclic amines) is 1. The number of nitrogens with one attached hydrogen (secondary N) is 2. The number of furan rings is 1. The van der Waals surface area contributed by atoms with Gasteiger partial charge in [-0.1, -0.05) is 0 Å². The molecule has 0 radical (unpaired) electrons. The van der Waals surface area contributed by atoms with Crippen molar-refractivity contribution in [1.82, 2.24) is 15.5 Å². The Morgan fingerprint density at radius 1 is 1.32 bits per heavy atom. The first-order valence-electron chi connectivity index (χ1n) is 7.36. The van der Waals surface area contributed by atoms with Gasteiger partial charge >= 0.3 is 0 Å². The normalized spacial score (nSPS) is 16.9. The van der Waals surface area contributed by atoms with Crippen LogP contribution in [0.4, 0.5) is 0 Å². The number of hydrogen-bond donors (Lipinski definition) is 2. The quantitative estimate of drug-likeness (QED) is 0.848. The largest absolute Gasteiger partial charge is 0.472 e. The standard InChI is InChI=1S/C15H21N3O4/c1-10(16-11(2)19)14(20)17-13-3-6-18(7-4-13)15(21)12-5-8-22-9-12/h5,8-10,13H,3-4,6-7H2,1-2H3,(H,16,19)(H,17,20). The minimum atomic E-state index is -0.553. The lowest BCUT2D eigenvalue weighted by Crippen LogP contribution is -2.51. The molecule has 3 amide bonds. The highest BCUT2D eigenvalue weighted by atomic mass is 16.3. The van der Waals surface area contributed by atoms with Gasteiger partial charge in [-0.2, -0.15) is 0 Å². The summed E-state index contributed by atoms with van der Waals surface area (Å²) in [7, 11) is 0. The van der Waals surface area contributed by atoms with E-state index in [1.807, 2.05) is 0 Å². The zero-order valence-electron chi connectivity index (χ0n) is 12.8. The molecule has 0 aromatic carbocycles. The molecule has 1 saturated heterocycles. The van der Waals surface area contributed by atoms with Gasteiger partial charge < -0.3 is 20.0 Å². The molecule has 1 aliphatic rings. The SMILES string of the molecule is CC(=O)NC(C)C(=O)NC1CCN(C(=O)c2ccoc2)CC1. The lowest BCUT2D eigenvalue weighted by Gasteiger charge is -2.32. The van der Waals surface area contributed by atoms with Crippen LogP contribution in [0.25, 0.3) is 0 Å². The van der Waals surface area contributed by atoms with Crippen LogP contribution in [0.2, 0.25) is 0 Å². The van der Waals surface area contributed by atoms with Crippen LogP contribution in [0.1, 0.15) is 37.0 Å². The summed E-state index contributed by atoms with van der Waals surface area (Å²) in [5.74, 6) is -0.483. The summed E-state index contributed by atoms with van der Waals surface area (Å²) >= 11 is 0. The van der Waals surface area contributed by atoms with Crippen LogP contribution in [0.3, 0.4) is 0 Å². The van der Waals surface area contributed by atoms with Crippen LogP contribution in [0.15, 0.2) is 23.0 Å². The van der Waals surface area contributed by atoms with E-state index in [0.717, 1.165) is 0 Å². The minimum absolute atomic E-state index is 0.0251. The van der Waals surface area contributed by atoms with Gasteiger partial charge in [0.2, 0.25) is 11.8 Å². The molecule has 0 saturated carbocycles. The van der Waals surface area contributed by atoms with E-state index in [0.29, 0.717) is 31.5 Å². The number of amides is 3. The van der Waals surface area contributed by atoms with Crippen molar-refractivity contribution < 1.29 is 18.8 Å². The second-order valence-corrected chi connectivity index (χ2v) is 5.51. The van der Waals surface area contributed by atoms with Crippen molar-refractivity contribution in [3.8, 4) is 0 Å². The topological polar surface area (TPSA) is 91.7 Å². The molecule has 0 spiro atoms. The van der Waals surface area contributed by atoms with Crippen molar-refractivity contribution in [2.24, 2.45) is 0 Å². The third-order valence-electron chi connectivity index (χ3n) is 3.71. The number of rotatable bonds is 4. The van der Waals surface area contributed by atoms with Crippen molar-refractivity contribution in [3.63, 3.8) is 0 Å². The van der Waals surface area contributed by atoms with Gasteiger partial charge in [0.15, 0.2) is 0 Å². The van der Waals surface area contributed by atoms with E-state index < -0.39 is 6.04 Å². The van der Waals surface area contributed by atoms with Gasteiger partial charge in [-0.05, 0) is 25.8 Å². The average Bonchev–Trinajstić information content (AvgIpc) is 3.00. The lowest BCUT2D eigenvalue weighted by atomic mass is 10.0. The highest BCUT2D eigenvalue weighted by molar-refractivity contribution is 5.94. The second-order valence-electron chi connectivity index (χ2n) is 5.51. The van der Waals surface area contributed by atoms with E-state index in [1.165, 1.54) is 19.5 Å². The van der Waals surface area contributed by atoms with Gasteiger partial charge in [0.05, 0.1) is 11.8 Å². The van der Waals surface area contributed by atoms with Crippen molar-refractivity contribution in [2.45, 2.75) is 38.8 Å². The fourth-order valence-electron chi connectivity index (χ4n) is 2.49. The molecule has 1 unspecified atom stereocenters. The Labute approximate surface area is 129 Å². The summed E-state index contributed by atoms with van der Waals surface area (Å²) in [4.78, 5) is 36.8. The van der Waals surface area contributed by atoms with Gasteiger partial charge in [-0.3, -0.25) is 14.4 Å². The molecule has 0 bridgehead atoms. The van der Waals surface area contributed by atoms with Gasteiger partial charge in [0.1, 0.15) is 12.3 Å². The van der Waals surface area contributed by atoms with Crippen LogP contribution >= 0.6 is 0 Å². The maximum absolute atomic E-state index is 12.2. The molecule has 120 valence electrons. The van der Waals surface area contributed by atoms with E-state index in [9.17, 15) is 14.4 Å². The first-order valence-corrected chi connectivity index (χ1v) is 7.36. The Balaban J connectivity index is 1.79. The molecule has 1 aliphatic heterocycles. The van der Waals surface area contributed by atoms with Crippen molar-refractivity contribution in [1.29, 1.82) is 0 Å². The lowest BCUT2D eigenvalue weighted by molar-refractivity contribution is -0.128. The summed E-state index contributed by atoms with van der Waals surface area (Å²) < 4.78 is 4.92. The first kappa shape index (κ1) is 16.1. The van der Waals surface area contributed by atoms with E-state index in [2.05, 4.69) is 10.6 Å². The Bertz CT molecular complexity index is 533. The molecular formula is C15H21N3O4. The molecule has 1 aromatic heterocycles. The molecular weight excluding hydrogens is 286 g/mol. The monoisotopic (exact) mass is 307 g/mol. The molecule has 2 rings (SSSR count). The van der Waals surface area contributed by atoms with Gasteiger partial charge in [0.25, 0.3) is 5.91 Å². The summed E-state index contributed by atoms with van der Waals surface area (Å²) in [5.41, 5.74) is 0.543. The summed E-state index contributed by atoms with van der Waals surface area (Å²) in [5, 5.41) is 5.46. The maximum Gasteiger partial charge on any atom is 0.257 e. The number of carbonyl (C=O) groups excluding carboxylic acids is 3. The Kier molecular flexibility index (Phi) is 5.19. The van der Waals surface area contributed by atoms with E-state index in [4.69, 9.17) is 4.42 Å². The highest BCUT2D eigenvalue weighted by Gasteiger charge is 2.26. The molecule has 1 fully saturated rings. The summed E-state index contributed by atoms with van der Waals surface area (Å²) in [6, 6.07) is 1.12. The predicted octanol–water partition coefficient (Wildman–Crippen LogP) is 0.525. The summed E-state index contributed by atoms with van der Waals surface area (Å²) in [6.45, 7) is 4.20. The van der Waals surface area contributed by atoms with Gasteiger partial charge in [-0.25, -0.2) is 0 Å². The molecule has 7 heteroatoms. The zero-order chi connectivity index (χ0) is 16.1. The van der Waals surface area contributed by atoms with Crippen LogP contribution in [-0.2, 0) is 9.59 Å². The zero-order valence-corrected chi connectivity index (χ0v) is 12.8. The third kappa shape index (κ3) is 4.09. The molecule has 2 heterocycles. The Hall–Kier alpha value is -2.31. The van der Waals surface area contributed by atoms with Crippen molar-refractivity contribution in [2.75, 3.05) is 13.1 Å². The Morgan fingerprint density at radius 2 is 2.00 bits per heavy atom. The van der Waals surface area contributed by atoms with Crippen LogP contribution < -0.4 is 10.6 Å². The summed E-state index contributed by atoms with van der Waals surface area (Å²) in [6.07, 6.45) is 4.30. The molecule has 1 atom stereocenters. The van der Waals surface area contributed by atoms with Crippen molar-refractivity contribution >= 4 is 17.7 Å². The molecule has 2 N–H and O–H groups in total. The number of nitrogens with zero attached hydrogens (tertiary/aromatic N) is 1. The maximum atomic E-state index is 12.2. The fraction of sp³-hybridized carbons (Fsp3) is 0.533. The number of piperidine rings is 1. The molecule has 0 aliphatic carbocycles. The number of hydrogen-bond acceptors (Lipinski definition) is 4. The van der Waals surface area contributed by atoms with E-state index in [1.54, 1.807) is 17.9 Å². The van der Waals surface area contributed by atoms with Crippen LogP contribution in [-0.4, -0.2) is 47.8 Å². The van der Waals surface area contributed by atoms with Crippen LogP contribution in [0.5, 0.6) is 0 Å². The van der Waals surface area contributed by atoms with E-state index >= 15 is 0 Å². The number of carbonyl (C=O) groups is 3.